The van der Waals surface area contributed by atoms with Gasteiger partial charge in [-0.25, -0.2) is 14.3 Å². The second kappa shape index (κ2) is 11.3. The van der Waals surface area contributed by atoms with Crippen LogP contribution in [-0.2, 0) is 29.2 Å². The molecule has 186 valence electrons. The molecule has 2 aromatic heterocycles. The highest BCUT2D eigenvalue weighted by Crippen LogP contribution is 2.12. The van der Waals surface area contributed by atoms with Crippen molar-refractivity contribution in [3.63, 3.8) is 0 Å². The van der Waals surface area contributed by atoms with Gasteiger partial charge in [-0.1, -0.05) is 74.0 Å². The maximum atomic E-state index is 13.5. The Kier molecular flexibility index (Phi) is 7.74. The molecule has 0 saturated heterocycles. The molecule has 2 N–H and O–H groups in total. The van der Waals surface area contributed by atoms with Crippen molar-refractivity contribution in [2.45, 2.75) is 45.8 Å². The molecule has 0 aliphatic heterocycles. The molecule has 0 spiro atoms. The van der Waals surface area contributed by atoms with Gasteiger partial charge in [0.25, 0.3) is 11.5 Å². The minimum atomic E-state index is -0.682. The number of imidazole rings is 1. The molecule has 0 aliphatic rings. The van der Waals surface area contributed by atoms with E-state index in [2.05, 4.69) is 15.8 Å². The second-order valence-corrected chi connectivity index (χ2v) is 8.48. The van der Waals surface area contributed by atoms with Crippen LogP contribution in [0.3, 0.4) is 0 Å². The van der Waals surface area contributed by atoms with Gasteiger partial charge < -0.3 is 4.57 Å². The second-order valence-electron chi connectivity index (χ2n) is 8.48. The van der Waals surface area contributed by atoms with Gasteiger partial charge in [0.2, 0.25) is 5.91 Å². The molecule has 4 rings (SSSR count). The highest BCUT2D eigenvalue weighted by Gasteiger charge is 2.20. The number of hydrazine groups is 1. The van der Waals surface area contributed by atoms with Crippen LogP contribution < -0.4 is 22.1 Å². The largest absolute Gasteiger partial charge is 0.333 e. The van der Waals surface area contributed by atoms with Crippen LogP contribution in [0.1, 0.15) is 37.3 Å². The summed E-state index contributed by atoms with van der Waals surface area (Å²) in [5.41, 5.74) is 5.59. The Labute approximate surface area is 207 Å². The molecule has 0 fully saturated rings. The molecule has 0 aliphatic carbocycles. The molecule has 0 saturated carbocycles. The van der Waals surface area contributed by atoms with Crippen LogP contribution in [0.25, 0.3) is 11.2 Å². The van der Waals surface area contributed by atoms with Gasteiger partial charge in [-0.05, 0) is 17.5 Å². The molecule has 36 heavy (non-hydrogen) atoms. The van der Waals surface area contributed by atoms with Crippen LogP contribution in [0.4, 0.5) is 0 Å². The van der Waals surface area contributed by atoms with Crippen molar-refractivity contribution >= 4 is 23.0 Å². The SMILES string of the molecule is CCCCC(=O)NNC(=O)Cn1c(=O)c2c(ncn2Cc2ccccc2)n(Cc2ccccc2)c1=O. The van der Waals surface area contributed by atoms with Crippen LogP contribution in [0, 0.1) is 0 Å². The fourth-order valence-electron chi connectivity index (χ4n) is 3.91. The number of nitrogens with zero attached hydrogens (tertiary/aromatic N) is 4. The number of rotatable bonds is 9. The minimum absolute atomic E-state index is 0.175. The highest BCUT2D eigenvalue weighted by atomic mass is 16.2. The summed E-state index contributed by atoms with van der Waals surface area (Å²) >= 11 is 0. The zero-order valence-electron chi connectivity index (χ0n) is 20.0. The van der Waals surface area contributed by atoms with Gasteiger partial charge in [-0.15, -0.1) is 0 Å². The van der Waals surface area contributed by atoms with E-state index in [0.29, 0.717) is 13.0 Å². The van der Waals surface area contributed by atoms with Gasteiger partial charge in [0.05, 0.1) is 12.9 Å². The summed E-state index contributed by atoms with van der Waals surface area (Å²) < 4.78 is 3.94. The van der Waals surface area contributed by atoms with Crippen molar-refractivity contribution in [3.8, 4) is 0 Å². The molecule has 10 nitrogen and oxygen atoms in total. The number of unbranched alkanes of at least 4 members (excludes halogenated alkanes) is 1. The average Bonchev–Trinajstić information content (AvgIpc) is 3.31. The number of benzene rings is 2. The lowest BCUT2D eigenvalue weighted by Crippen LogP contribution is -2.48. The molecule has 0 radical (unpaired) electrons. The Morgan fingerprint density at radius 1 is 0.833 bits per heavy atom. The third kappa shape index (κ3) is 5.60. The highest BCUT2D eigenvalue weighted by molar-refractivity contribution is 5.82. The van der Waals surface area contributed by atoms with Gasteiger partial charge >= 0.3 is 5.69 Å². The lowest BCUT2D eigenvalue weighted by atomic mass is 10.2. The van der Waals surface area contributed by atoms with Crippen molar-refractivity contribution < 1.29 is 9.59 Å². The maximum absolute atomic E-state index is 13.5. The summed E-state index contributed by atoms with van der Waals surface area (Å²) in [6, 6.07) is 18.9. The van der Waals surface area contributed by atoms with E-state index in [4.69, 9.17) is 0 Å². The Balaban J connectivity index is 1.72. The number of carbonyl (C=O) groups excluding carboxylic acids is 2. The number of fused-ring (bicyclic) bond motifs is 1. The third-order valence-corrected chi connectivity index (χ3v) is 5.76. The van der Waals surface area contributed by atoms with Crippen LogP contribution in [-0.4, -0.2) is 30.5 Å². The van der Waals surface area contributed by atoms with Gasteiger partial charge in [0, 0.05) is 13.0 Å². The van der Waals surface area contributed by atoms with E-state index in [1.54, 1.807) is 4.57 Å². The smallest absolute Gasteiger partial charge is 0.320 e. The fourth-order valence-corrected chi connectivity index (χ4v) is 3.91. The molecule has 0 unspecified atom stereocenters. The first kappa shape index (κ1) is 24.6. The summed E-state index contributed by atoms with van der Waals surface area (Å²) in [7, 11) is 0. The number of nitrogens with one attached hydrogen (secondary N) is 2. The van der Waals surface area contributed by atoms with Crippen LogP contribution >= 0.6 is 0 Å². The number of aromatic nitrogens is 4. The molecule has 2 aromatic carbocycles. The van der Waals surface area contributed by atoms with Crippen LogP contribution in [0.15, 0.2) is 76.6 Å². The predicted molar refractivity (Wildman–Crippen MR) is 135 cm³/mol. The van der Waals surface area contributed by atoms with Crippen LogP contribution in [0.5, 0.6) is 0 Å². The minimum Gasteiger partial charge on any atom is -0.320 e. The number of carbonyl (C=O) groups is 2. The Bertz CT molecular complexity index is 1470. The van der Waals surface area contributed by atoms with Gasteiger partial charge in [-0.3, -0.25) is 29.8 Å². The van der Waals surface area contributed by atoms with Gasteiger partial charge in [-0.2, -0.15) is 0 Å². The summed E-state index contributed by atoms with van der Waals surface area (Å²) in [4.78, 5) is 55.7. The van der Waals surface area contributed by atoms with E-state index >= 15 is 0 Å². The third-order valence-electron chi connectivity index (χ3n) is 5.76. The maximum Gasteiger partial charge on any atom is 0.333 e. The van der Waals surface area contributed by atoms with Crippen molar-refractivity contribution in [1.82, 2.24) is 29.5 Å². The zero-order valence-corrected chi connectivity index (χ0v) is 20.0. The van der Waals surface area contributed by atoms with E-state index in [9.17, 15) is 19.2 Å². The Hall–Kier alpha value is -4.47. The molecule has 10 heteroatoms. The van der Waals surface area contributed by atoms with E-state index in [1.807, 2.05) is 67.6 Å². The molecular weight excluding hydrogens is 460 g/mol. The lowest BCUT2D eigenvalue weighted by molar-refractivity contribution is -0.129. The molecule has 2 amide bonds. The van der Waals surface area contributed by atoms with Crippen molar-refractivity contribution in [2.24, 2.45) is 0 Å². The summed E-state index contributed by atoms with van der Waals surface area (Å²) in [5.74, 6) is -1.02. The van der Waals surface area contributed by atoms with Gasteiger partial charge in [0.1, 0.15) is 6.54 Å². The quantitative estimate of drug-likeness (QED) is 0.348. The van der Waals surface area contributed by atoms with E-state index < -0.39 is 23.7 Å². The molecule has 4 aromatic rings. The Morgan fingerprint density at radius 3 is 2.08 bits per heavy atom. The van der Waals surface area contributed by atoms with Crippen molar-refractivity contribution in [3.05, 3.63) is 99.0 Å². The fraction of sp³-hybridized carbons (Fsp3) is 0.269. The molecule has 0 atom stereocenters. The predicted octanol–water partition coefficient (Wildman–Crippen LogP) is 1.79. The van der Waals surface area contributed by atoms with E-state index in [-0.39, 0.29) is 30.0 Å². The van der Waals surface area contributed by atoms with E-state index in [1.165, 1.54) is 10.9 Å². The first-order valence-electron chi connectivity index (χ1n) is 11.8. The lowest BCUT2D eigenvalue weighted by Gasteiger charge is -2.13. The van der Waals surface area contributed by atoms with Crippen molar-refractivity contribution in [1.29, 1.82) is 0 Å². The standard InChI is InChI=1S/C26H28N6O4/c1-2-3-14-21(33)28-29-22(34)17-32-25(35)23-24(27-18-30(23)15-19-10-6-4-7-11-19)31(26(32)36)16-20-12-8-5-9-13-20/h4-13,18H,2-3,14-17H2,1H3,(H,28,33)(H,29,34). The molecule has 0 bridgehead atoms. The van der Waals surface area contributed by atoms with E-state index in [0.717, 1.165) is 22.1 Å². The van der Waals surface area contributed by atoms with Gasteiger partial charge in [0.15, 0.2) is 11.2 Å². The Morgan fingerprint density at radius 2 is 1.44 bits per heavy atom. The average molecular weight is 489 g/mol. The summed E-state index contributed by atoms with van der Waals surface area (Å²) in [6.07, 6.45) is 3.32. The first-order valence-corrected chi connectivity index (χ1v) is 11.8. The zero-order chi connectivity index (χ0) is 25.5. The normalized spacial score (nSPS) is 10.9. The molecular formula is C26H28N6O4. The molecule has 2 heterocycles. The number of hydrogen-bond donors (Lipinski definition) is 2. The number of hydrogen-bond acceptors (Lipinski definition) is 5. The monoisotopic (exact) mass is 488 g/mol. The summed E-state index contributed by atoms with van der Waals surface area (Å²) in [6.45, 7) is 1.95. The van der Waals surface area contributed by atoms with Crippen LogP contribution in [0.2, 0.25) is 0 Å². The van der Waals surface area contributed by atoms with Crippen molar-refractivity contribution in [2.75, 3.05) is 0 Å². The topological polar surface area (TPSA) is 120 Å². The number of amides is 2. The first-order chi connectivity index (χ1) is 17.5. The summed E-state index contributed by atoms with van der Waals surface area (Å²) in [5, 5.41) is 0.